The Kier molecular flexibility index (Phi) is 5.50. The van der Waals surface area contributed by atoms with Gasteiger partial charge in [0.15, 0.2) is 0 Å². The number of rotatable bonds is 7. The lowest BCUT2D eigenvalue weighted by molar-refractivity contribution is 0.0696. The number of benzene rings is 2. The van der Waals surface area contributed by atoms with E-state index < -0.39 is 16.0 Å². The highest BCUT2D eigenvalue weighted by Crippen LogP contribution is 2.38. The van der Waals surface area contributed by atoms with E-state index in [9.17, 15) is 13.2 Å². The predicted octanol–water partition coefficient (Wildman–Crippen LogP) is 4.14. The molecule has 0 saturated heterocycles. The third-order valence-electron chi connectivity index (χ3n) is 4.71. The highest BCUT2D eigenvalue weighted by Gasteiger charge is 2.39. The molecule has 138 valence electrons. The fourth-order valence-electron chi connectivity index (χ4n) is 2.99. The van der Waals surface area contributed by atoms with Gasteiger partial charge in [0, 0.05) is 17.1 Å². The van der Waals surface area contributed by atoms with Crippen LogP contribution in [0.15, 0.2) is 57.9 Å². The Bertz CT molecular complexity index is 910. The Morgan fingerprint density at radius 1 is 1.23 bits per heavy atom. The van der Waals surface area contributed by atoms with Crippen LogP contribution in [0.3, 0.4) is 0 Å². The highest BCUT2D eigenvalue weighted by molar-refractivity contribution is 9.10. The Labute approximate surface area is 161 Å². The molecule has 2 aromatic carbocycles. The Balaban J connectivity index is 2.00. The van der Waals surface area contributed by atoms with Gasteiger partial charge in [-0.25, -0.2) is 13.2 Å². The average Bonchev–Trinajstić information content (AvgIpc) is 3.44. The fourth-order valence-corrected chi connectivity index (χ4v) is 5.71. The molecular weight excluding hydrogens is 418 g/mol. The first-order valence-corrected chi connectivity index (χ1v) is 10.6. The number of hydrogen-bond acceptors (Lipinski definition) is 3. The molecule has 0 amide bonds. The standard InChI is InChI=1S/C19H20BrNO4S/c1-13(15-7-8-15)21(12-14-5-3-2-4-6-14)26(24,25)18-10-9-16(19(22)23)11-17(18)20/h2-6,9-11,13,15H,7-8,12H2,1H3,(H,22,23). The summed E-state index contributed by atoms with van der Waals surface area (Å²) in [6.07, 6.45) is 2.06. The van der Waals surface area contributed by atoms with Crippen LogP contribution in [0, 0.1) is 5.92 Å². The summed E-state index contributed by atoms with van der Waals surface area (Å²) in [6.45, 7) is 2.23. The largest absolute Gasteiger partial charge is 0.478 e. The Morgan fingerprint density at radius 2 is 1.88 bits per heavy atom. The predicted molar refractivity (Wildman–Crippen MR) is 102 cm³/mol. The van der Waals surface area contributed by atoms with Crippen molar-refractivity contribution >= 4 is 31.9 Å². The summed E-state index contributed by atoms with van der Waals surface area (Å²) in [4.78, 5) is 11.2. The number of sulfonamides is 1. The summed E-state index contributed by atoms with van der Waals surface area (Å²) >= 11 is 3.24. The van der Waals surface area contributed by atoms with E-state index in [1.807, 2.05) is 37.3 Å². The summed E-state index contributed by atoms with van der Waals surface area (Å²) in [6, 6.07) is 13.4. The molecule has 1 N–H and O–H groups in total. The quantitative estimate of drug-likeness (QED) is 0.705. The number of hydrogen-bond donors (Lipinski definition) is 1. The maximum atomic E-state index is 13.4. The van der Waals surface area contributed by atoms with Crippen LogP contribution in [-0.4, -0.2) is 29.8 Å². The molecule has 0 aromatic heterocycles. The van der Waals surface area contributed by atoms with E-state index in [0.717, 1.165) is 18.4 Å². The van der Waals surface area contributed by atoms with E-state index in [2.05, 4.69) is 15.9 Å². The molecule has 1 aliphatic carbocycles. The maximum Gasteiger partial charge on any atom is 0.335 e. The second-order valence-electron chi connectivity index (χ2n) is 6.56. The van der Waals surface area contributed by atoms with E-state index in [1.54, 1.807) is 0 Å². The van der Waals surface area contributed by atoms with Gasteiger partial charge in [-0.3, -0.25) is 0 Å². The lowest BCUT2D eigenvalue weighted by Crippen LogP contribution is -2.39. The number of nitrogens with zero attached hydrogens (tertiary/aromatic N) is 1. The van der Waals surface area contributed by atoms with Crippen molar-refractivity contribution < 1.29 is 18.3 Å². The van der Waals surface area contributed by atoms with Gasteiger partial charge in [0.2, 0.25) is 10.0 Å². The van der Waals surface area contributed by atoms with Crippen LogP contribution in [0.5, 0.6) is 0 Å². The van der Waals surface area contributed by atoms with Gasteiger partial charge >= 0.3 is 5.97 Å². The van der Waals surface area contributed by atoms with E-state index in [1.165, 1.54) is 22.5 Å². The van der Waals surface area contributed by atoms with E-state index >= 15 is 0 Å². The summed E-state index contributed by atoms with van der Waals surface area (Å²) in [7, 11) is -3.78. The lowest BCUT2D eigenvalue weighted by atomic mass is 10.2. The van der Waals surface area contributed by atoms with Crippen molar-refractivity contribution in [3.05, 3.63) is 64.1 Å². The van der Waals surface area contributed by atoms with Crippen molar-refractivity contribution in [2.75, 3.05) is 0 Å². The molecule has 7 heteroatoms. The zero-order valence-corrected chi connectivity index (χ0v) is 16.7. The molecule has 5 nitrogen and oxygen atoms in total. The molecule has 3 rings (SSSR count). The maximum absolute atomic E-state index is 13.4. The normalized spacial score (nSPS) is 15.8. The second kappa shape index (κ2) is 7.50. The summed E-state index contributed by atoms with van der Waals surface area (Å²) in [5.74, 6) is -0.729. The summed E-state index contributed by atoms with van der Waals surface area (Å²) in [5.41, 5.74) is 0.961. The van der Waals surface area contributed by atoms with Crippen LogP contribution in [0.4, 0.5) is 0 Å². The monoisotopic (exact) mass is 437 g/mol. The molecule has 1 atom stereocenters. The van der Waals surface area contributed by atoms with E-state index in [4.69, 9.17) is 5.11 Å². The van der Waals surface area contributed by atoms with Gasteiger partial charge in [0.05, 0.1) is 10.5 Å². The second-order valence-corrected chi connectivity index (χ2v) is 9.28. The molecule has 0 heterocycles. The van der Waals surface area contributed by atoms with Gasteiger partial charge in [-0.2, -0.15) is 4.31 Å². The van der Waals surface area contributed by atoms with Crippen LogP contribution >= 0.6 is 15.9 Å². The summed E-state index contributed by atoms with van der Waals surface area (Å²) in [5, 5.41) is 9.10. The summed E-state index contributed by atoms with van der Waals surface area (Å²) < 4.78 is 28.5. The van der Waals surface area contributed by atoms with Crippen LogP contribution < -0.4 is 0 Å². The third-order valence-corrected chi connectivity index (χ3v) is 7.61. The number of carboxylic acid groups (broad SMARTS) is 1. The first-order chi connectivity index (χ1) is 12.3. The van der Waals surface area contributed by atoms with E-state index in [-0.39, 0.29) is 27.5 Å². The van der Waals surface area contributed by atoms with Gasteiger partial charge in [-0.05, 0) is 65.4 Å². The molecule has 2 aromatic rings. The van der Waals surface area contributed by atoms with Gasteiger partial charge in [-0.1, -0.05) is 30.3 Å². The first kappa shape index (κ1) is 19.1. The smallest absolute Gasteiger partial charge is 0.335 e. The minimum atomic E-state index is -3.78. The highest BCUT2D eigenvalue weighted by atomic mass is 79.9. The van der Waals surface area contributed by atoms with Crippen molar-refractivity contribution in [1.82, 2.24) is 4.31 Å². The molecular formula is C19H20BrNO4S. The first-order valence-electron chi connectivity index (χ1n) is 8.39. The molecule has 0 aliphatic heterocycles. The zero-order valence-electron chi connectivity index (χ0n) is 14.3. The minimum absolute atomic E-state index is 0.0423. The Hall–Kier alpha value is -1.70. The van der Waals surface area contributed by atoms with Gasteiger partial charge in [-0.15, -0.1) is 0 Å². The van der Waals surface area contributed by atoms with Gasteiger partial charge < -0.3 is 5.11 Å². The molecule has 1 fully saturated rings. The van der Waals surface area contributed by atoms with Crippen molar-refractivity contribution in [3.63, 3.8) is 0 Å². The van der Waals surface area contributed by atoms with Crippen LogP contribution in [0.1, 0.15) is 35.7 Å². The van der Waals surface area contributed by atoms with Crippen molar-refractivity contribution in [1.29, 1.82) is 0 Å². The van der Waals surface area contributed by atoms with Crippen LogP contribution in [-0.2, 0) is 16.6 Å². The zero-order chi connectivity index (χ0) is 18.9. The molecule has 1 aliphatic rings. The van der Waals surface area contributed by atoms with Gasteiger partial charge in [0.1, 0.15) is 0 Å². The molecule has 1 saturated carbocycles. The average molecular weight is 438 g/mol. The molecule has 0 bridgehead atoms. The fraction of sp³-hybridized carbons (Fsp3) is 0.316. The lowest BCUT2D eigenvalue weighted by Gasteiger charge is -2.29. The van der Waals surface area contributed by atoms with Crippen molar-refractivity contribution in [2.45, 2.75) is 37.2 Å². The van der Waals surface area contributed by atoms with Crippen LogP contribution in [0.2, 0.25) is 0 Å². The molecule has 0 radical (unpaired) electrons. The molecule has 26 heavy (non-hydrogen) atoms. The SMILES string of the molecule is CC(C1CC1)N(Cc1ccccc1)S(=O)(=O)c1ccc(C(=O)O)cc1Br. The topological polar surface area (TPSA) is 74.7 Å². The van der Waals surface area contributed by atoms with Crippen molar-refractivity contribution in [2.24, 2.45) is 5.92 Å². The number of aromatic carboxylic acids is 1. The minimum Gasteiger partial charge on any atom is -0.478 e. The Morgan fingerprint density at radius 3 is 2.42 bits per heavy atom. The third kappa shape index (κ3) is 4.00. The number of carbonyl (C=O) groups is 1. The number of carboxylic acids is 1. The number of halogens is 1. The van der Waals surface area contributed by atoms with Crippen LogP contribution in [0.25, 0.3) is 0 Å². The van der Waals surface area contributed by atoms with Gasteiger partial charge in [0.25, 0.3) is 0 Å². The molecule has 0 spiro atoms. The van der Waals surface area contributed by atoms with E-state index in [0.29, 0.717) is 5.92 Å². The van der Waals surface area contributed by atoms with Crippen molar-refractivity contribution in [3.8, 4) is 0 Å². The molecule has 1 unspecified atom stereocenters.